The lowest BCUT2D eigenvalue weighted by Crippen LogP contribution is -2.45. The van der Waals surface area contributed by atoms with E-state index >= 15 is 0 Å². The third-order valence-electron chi connectivity index (χ3n) is 4.31. The monoisotopic (exact) mass is 359 g/mol. The molecule has 0 bridgehead atoms. The van der Waals surface area contributed by atoms with Gasteiger partial charge in [0.15, 0.2) is 5.11 Å². The Labute approximate surface area is 151 Å². The standard InChI is InChI=1S/C18H21N3O3S/c22-16-6-2-1-5-15(16)20-17(23)13-7-9-21(10-8-13)18(25)19-12-14-4-3-11-24-14/h1-6,11,13,22H,7-10,12H2,(H,19,25)(H,20,23). The summed E-state index contributed by atoms with van der Waals surface area (Å²) < 4.78 is 5.27. The number of piperidine rings is 1. The van der Waals surface area contributed by atoms with Crippen LogP contribution in [0.3, 0.4) is 0 Å². The molecule has 1 aromatic heterocycles. The third-order valence-corrected chi connectivity index (χ3v) is 4.71. The lowest BCUT2D eigenvalue weighted by atomic mass is 9.96. The first-order valence-corrected chi connectivity index (χ1v) is 8.68. The van der Waals surface area contributed by atoms with Gasteiger partial charge in [0.2, 0.25) is 5.91 Å². The van der Waals surface area contributed by atoms with Crippen molar-refractivity contribution in [3.05, 3.63) is 48.4 Å². The molecule has 0 saturated carbocycles. The largest absolute Gasteiger partial charge is 0.506 e. The maximum absolute atomic E-state index is 12.4. The number of rotatable bonds is 4. The molecule has 1 aliphatic heterocycles. The van der Waals surface area contributed by atoms with Gasteiger partial charge in [0, 0.05) is 19.0 Å². The highest BCUT2D eigenvalue weighted by Gasteiger charge is 2.26. The average Bonchev–Trinajstić information content (AvgIpc) is 3.15. The van der Waals surface area contributed by atoms with Gasteiger partial charge in [-0.15, -0.1) is 0 Å². The van der Waals surface area contributed by atoms with Crippen LogP contribution >= 0.6 is 12.2 Å². The van der Waals surface area contributed by atoms with Gasteiger partial charge in [0.1, 0.15) is 11.5 Å². The predicted molar refractivity (Wildman–Crippen MR) is 99.2 cm³/mol. The number of likely N-dealkylation sites (tertiary alicyclic amines) is 1. The molecule has 1 amide bonds. The number of furan rings is 1. The number of thiocarbonyl (C=S) groups is 1. The first-order valence-electron chi connectivity index (χ1n) is 8.27. The Morgan fingerprint density at radius 2 is 2.00 bits per heavy atom. The van der Waals surface area contributed by atoms with E-state index in [1.807, 2.05) is 12.1 Å². The van der Waals surface area contributed by atoms with Gasteiger partial charge in [-0.3, -0.25) is 4.79 Å². The molecule has 1 fully saturated rings. The van der Waals surface area contributed by atoms with E-state index in [-0.39, 0.29) is 17.6 Å². The number of benzene rings is 1. The molecule has 3 N–H and O–H groups in total. The van der Waals surface area contributed by atoms with Crippen LogP contribution in [0.25, 0.3) is 0 Å². The second-order valence-electron chi connectivity index (χ2n) is 6.01. The summed E-state index contributed by atoms with van der Waals surface area (Å²) in [7, 11) is 0. The first kappa shape index (κ1) is 17.3. The maximum Gasteiger partial charge on any atom is 0.227 e. The second kappa shape index (κ2) is 8.02. The van der Waals surface area contributed by atoms with E-state index in [9.17, 15) is 9.90 Å². The minimum absolute atomic E-state index is 0.0596. The zero-order valence-corrected chi connectivity index (χ0v) is 14.6. The molecule has 0 radical (unpaired) electrons. The highest BCUT2D eigenvalue weighted by atomic mass is 32.1. The SMILES string of the molecule is O=C(Nc1ccccc1O)C1CCN(C(=S)NCc2ccco2)CC1. The normalized spacial score (nSPS) is 15.0. The topological polar surface area (TPSA) is 77.7 Å². The van der Waals surface area contributed by atoms with Crippen molar-refractivity contribution in [2.24, 2.45) is 5.92 Å². The van der Waals surface area contributed by atoms with Gasteiger partial charge in [0.25, 0.3) is 0 Å². The zero-order chi connectivity index (χ0) is 17.6. The number of nitrogens with zero attached hydrogens (tertiary/aromatic N) is 1. The predicted octanol–water partition coefficient (Wildman–Crippen LogP) is 2.71. The molecule has 0 spiro atoms. The minimum atomic E-state index is -0.0799. The Hall–Kier alpha value is -2.54. The van der Waals surface area contributed by atoms with Crippen LogP contribution in [0.5, 0.6) is 5.75 Å². The van der Waals surface area contributed by atoms with Crippen LogP contribution in [0.4, 0.5) is 5.69 Å². The van der Waals surface area contributed by atoms with E-state index in [0.717, 1.165) is 31.7 Å². The van der Waals surface area contributed by atoms with Gasteiger partial charge in [0.05, 0.1) is 18.5 Å². The molecule has 6 nitrogen and oxygen atoms in total. The van der Waals surface area contributed by atoms with Crippen LogP contribution in [-0.4, -0.2) is 34.1 Å². The number of carbonyl (C=O) groups is 1. The molecule has 0 unspecified atom stereocenters. The average molecular weight is 359 g/mol. The molecular formula is C18H21N3O3S. The van der Waals surface area contributed by atoms with Crippen molar-refractivity contribution in [1.29, 1.82) is 0 Å². The highest BCUT2D eigenvalue weighted by Crippen LogP contribution is 2.24. The smallest absolute Gasteiger partial charge is 0.227 e. The summed E-state index contributed by atoms with van der Waals surface area (Å²) >= 11 is 5.41. The number of hydrogen-bond donors (Lipinski definition) is 3. The molecule has 1 aromatic carbocycles. The lowest BCUT2D eigenvalue weighted by molar-refractivity contribution is -0.121. The molecular weight excluding hydrogens is 338 g/mol. The zero-order valence-electron chi connectivity index (χ0n) is 13.8. The Bertz CT molecular complexity index is 725. The van der Waals surface area contributed by atoms with Crippen LogP contribution in [0.15, 0.2) is 47.1 Å². The molecule has 1 saturated heterocycles. The summed E-state index contributed by atoms with van der Waals surface area (Å²) in [4.78, 5) is 14.4. The fourth-order valence-electron chi connectivity index (χ4n) is 2.85. The van der Waals surface area contributed by atoms with Crippen LogP contribution in [-0.2, 0) is 11.3 Å². The number of phenolic OH excluding ortho intramolecular Hbond substituents is 1. The van der Waals surface area contributed by atoms with E-state index in [0.29, 0.717) is 17.3 Å². The number of hydrogen-bond acceptors (Lipinski definition) is 4. The van der Waals surface area contributed by atoms with Crippen LogP contribution < -0.4 is 10.6 Å². The van der Waals surface area contributed by atoms with Crippen molar-refractivity contribution in [3.8, 4) is 5.75 Å². The number of para-hydroxylation sites is 2. The van der Waals surface area contributed by atoms with Gasteiger partial charge in [-0.2, -0.15) is 0 Å². The molecule has 3 rings (SSSR count). The van der Waals surface area contributed by atoms with Crippen LogP contribution in [0, 0.1) is 5.92 Å². The Kier molecular flexibility index (Phi) is 5.55. The first-order chi connectivity index (χ1) is 12.1. The van der Waals surface area contributed by atoms with Gasteiger partial charge < -0.3 is 25.1 Å². The van der Waals surface area contributed by atoms with E-state index in [2.05, 4.69) is 15.5 Å². The number of nitrogens with one attached hydrogen (secondary N) is 2. The molecule has 132 valence electrons. The van der Waals surface area contributed by atoms with Crippen LogP contribution in [0.2, 0.25) is 0 Å². The molecule has 7 heteroatoms. The van der Waals surface area contributed by atoms with E-state index in [1.54, 1.807) is 30.5 Å². The summed E-state index contributed by atoms with van der Waals surface area (Å²) in [6, 6.07) is 10.5. The Morgan fingerprint density at radius 1 is 1.24 bits per heavy atom. The van der Waals surface area contributed by atoms with Crippen molar-refractivity contribution in [3.63, 3.8) is 0 Å². The van der Waals surface area contributed by atoms with Crippen LogP contribution in [0.1, 0.15) is 18.6 Å². The fourth-order valence-corrected chi connectivity index (χ4v) is 3.10. The van der Waals surface area contributed by atoms with Crippen molar-refractivity contribution < 1.29 is 14.3 Å². The fraction of sp³-hybridized carbons (Fsp3) is 0.333. The summed E-state index contributed by atoms with van der Waals surface area (Å²) in [5, 5.41) is 16.4. The molecule has 2 heterocycles. The van der Waals surface area contributed by atoms with Crippen molar-refractivity contribution in [1.82, 2.24) is 10.2 Å². The number of phenols is 1. The Morgan fingerprint density at radius 3 is 2.68 bits per heavy atom. The van der Waals surface area contributed by atoms with Gasteiger partial charge in [-0.25, -0.2) is 0 Å². The number of carbonyl (C=O) groups excluding carboxylic acids is 1. The minimum Gasteiger partial charge on any atom is -0.506 e. The molecule has 2 aromatic rings. The lowest BCUT2D eigenvalue weighted by Gasteiger charge is -2.33. The van der Waals surface area contributed by atoms with E-state index in [4.69, 9.17) is 16.6 Å². The third kappa shape index (κ3) is 4.51. The van der Waals surface area contributed by atoms with Crippen molar-refractivity contribution in [2.75, 3.05) is 18.4 Å². The van der Waals surface area contributed by atoms with E-state index < -0.39 is 0 Å². The van der Waals surface area contributed by atoms with Gasteiger partial charge >= 0.3 is 0 Å². The molecule has 1 aliphatic rings. The van der Waals surface area contributed by atoms with E-state index in [1.165, 1.54) is 0 Å². The maximum atomic E-state index is 12.4. The quantitative estimate of drug-likeness (QED) is 0.576. The van der Waals surface area contributed by atoms with Gasteiger partial charge in [-0.05, 0) is 49.3 Å². The summed E-state index contributed by atoms with van der Waals surface area (Å²) in [5.41, 5.74) is 0.450. The molecule has 25 heavy (non-hydrogen) atoms. The molecule has 0 atom stereocenters. The van der Waals surface area contributed by atoms with Gasteiger partial charge in [-0.1, -0.05) is 12.1 Å². The summed E-state index contributed by atoms with van der Waals surface area (Å²) in [6.45, 7) is 2.01. The summed E-state index contributed by atoms with van der Waals surface area (Å²) in [5.74, 6) is 0.773. The number of aromatic hydroxyl groups is 1. The Balaban J connectivity index is 1.45. The summed E-state index contributed by atoms with van der Waals surface area (Å²) in [6.07, 6.45) is 3.08. The second-order valence-corrected chi connectivity index (χ2v) is 6.39. The highest BCUT2D eigenvalue weighted by molar-refractivity contribution is 7.80. The number of anilines is 1. The number of amides is 1. The van der Waals surface area contributed by atoms with Crippen molar-refractivity contribution >= 4 is 28.9 Å². The van der Waals surface area contributed by atoms with Crippen molar-refractivity contribution in [2.45, 2.75) is 19.4 Å². The molecule has 0 aliphatic carbocycles.